The van der Waals surface area contributed by atoms with Crippen LogP contribution in [0.25, 0.3) is 0 Å². The molecule has 1 aliphatic heterocycles. The van der Waals surface area contributed by atoms with Crippen molar-refractivity contribution in [2.75, 3.05) is 18.4 Å². The lowest BCUT2D eigenvalue weighted by molar-refractivity contribution is -0.117. The third-order valence-corrected chi connectivity index (χ3v) is 5.07. The summed E-state index contributed by atoms with van der Waals surface area (Å²) in [6.07, 6.45) is 0.999. The van der Waals surface area contributed by atoms with E-state index in [0.29, 0.717) is 17.8 Å². The van der Waals surface area contributed by atoms with Gasteiger partial charge in [0.05, 0.1) is 17.8 Å². The first-order valence-corrected chi connectivity index (χ1v) is 8.16. The van der Waals surface area contributed by atoms with Crippen LogP contribution in [0.5, 0.6) is 0 Å². The van der Waals surface area contributed by atoms with Gasteiger partial charge in [0, 0.05) is 17.5 Å². The van der Waals surface area contributed by atoms with Gasteiger partial charge in [-0.15, -0.1) is 11.3 Å². The van der Waals surface area contributed by atoms with E-state index >= 15 is 0 Å². The van der Waals surface area contributed by atoms with E-state index in [1.165, 1.54) is 10.4 Å². The fourth-order valence-electron chi connectivity index (χ4n) is 2.84. The number of amides is 1. The largest absolute Gasteiger partial charge is 0.324 e. The normalized spacial score (nSPS) is 17.5. The molecule has 0 spiro atoms. The molecule has 0 radical (unpaired) electrons. The number of anilines is 1. The molecule has 22 heavy (non-hydrogen) atoms. The maximum absolute atomic E-state index is 12.3. The van der Waals surface area contributed by atoms with Crippen LogP contribution >= 0.6 is 11.3 Å². The van der Waals surface area contributed by atoms with Crippen LogP contribution in [-0.2, 0) is 11.2 Å². The number of fused-ring (bicyclic) bond motifs is 1. The minimum atomic E-state index is -0.0757. The first kappa shape index (κ1) is 14.8. The fourth-order valence-corrected chi connectivity index (χ4v) is 3.80. The standard InChI is InChI=1S/C17H17N3OS/c1-12-14-7-9-22-16(14)6-8-20(12)11-17(21)19-15-5-3-2-4-13(15)10-18/h2-5,7,9,12H,6,8,11H2,1H3,(H,19,21)/t12-/m0/s1. The lowest BCUT2D eigenvalue weighted by atomic mass is 10.0. The number of hydrogen-bond donors (Lipinski definition) is 1. The number of benzene rings is 1. The van der Waals surface area contributed by atoms with E-state index in [-0.39, 0.29) is 11.9 Å². The molecule has 112 valence electrons. The van der Waals surface area contributed by atoms with Crippen molar-refractivity contribution < 1.29 is 4.79 Å². The fraction of sp³-hybridized carbons (Fsp3) is 0.294. The van der Waals surface area contributed by atoms with Gasteiger partial charge < -0.3 is 5.32 Å². The molecule has 0 fully saturated rings. The Kier molecular flexibility index (Phi) is 4.23. The number of rotatable bonds is 3. The number of nitrogens with one attached hydrogen (secondary N) is 1. The van der Waals surface area contributed by atoms with Crippen molar-refractivity contribution in [1.29, 1.82) is 5.26 Å². The van der Waals surface area contributed by atoms with Gasteiger partial charge in [-0.1, -0.05) is 12.1 Å². The maximum atomic E-state index is 12.3. The predicted molar refractivity (Wildman–Crippen MR) is 87.8 cm³/mol. The topological polar surface area (TPSA) is 56.1 Å². The molecule has 2 aromatic rings. The van der Waals surface area contributed by atoms with Crippen molar-refractivity contribution in [2.45, 2.75) is 19.4 Å². The Morgan fingerprint density at radius 3 is 3.09 bits per heavy atom. The van der Waals surface area contributed by atoms with Crippen LogP contribution in [0.2, 0.25) is 0 Å². The molecule has 0 aliphatic carbocycles. The van der Waals surface area contributed by atoms with Crippen LogP contribution in [0.15, 0.2) is 35.7 Å². The lowest BCUT2D eigenvalue weighted by Crippen LogP contribution is -2.39. The molecular weight excluding hydrogens is 294 g/mol. The van der Waals surface area contributed by atoms with Gasteiger partial charge in [-0.25, -0.2) is 0 Å². The third-order valence-electron chi connectivity index (χ3n) is 4.07. The first-order valence-electron chi connectivity index (χ1n) is 7.28. The number of carbonyl (C=O) groups excluding carboxylic acids is 1. The summed E-state index contributed by atoms with van der Waals surface area (Å²) < 4.78 is 0. The van der Waals surface area contributed by atoms with Crippen LogP contribution in [0.3, 0.4) is 0 Å². The molecule has 3 rings (SSSR count). The average molecular weight is 311 g/mol. The first-order chi connectivity index (χ1) is 10.7. The molecule has 1 aliphatic rings. The molecule has 4 nitrogen and oxygen atoms in total. The Bertz CT molecular complexity index is 732. The van der Waals surface area contributed by atoms with E-state index in [4.69, 9.17) is 5.26 Å². The Labute approximate surface area is 134 Å². The SMILES string of the molecule is C[C@H]1c2ccsc2CCN1CC(=O)Nc1ccccc1C#N. The van der Waals surface area contributed by atoms with E-state index in [1.807, 2.05) is 6.07 Å². The lowest BCUT2D eigenvalue weighted by Gasteiger charge is -2.32. The van der Waals surface area contributed by atoms with Gasteiger partial charge >= 0.3 is 0 Å². The molecule has 2 heterocycles. The number of nitriles is 1. The van der Waals surface area contributed by atoms with Crippen LogP contribution in [0.1, 0.15) is 29.0 Å². The molecule has 0 saturated carbocycles. The molecule has 0 unspecified atom stereocenters. The van der Waals surface area contributed by atoms with Crippen LogP contribution in [0.4, 0.5) is 5.69 Å². The maximum Gasteiger partial charge on any atom is 0.238 e. The Morgan fingerprint density at radius 1 is 1.45 bits per heavy atom. The molecule has 1 N–H and O–H groups in total. The quantitative estimate of drug-likeness (QED) is 0.947. The summed E-state index contributed by atoms with van der Waals surface area (Å²) in [4.78, 5) is 15.9. The van der Waals surface area contributed by atoms with E-state index in [2.05, 4.69) is 34.7 Å². The summed E-state index contributed by atoms with van der Waals surface area (Å²) in [5.74, 6) is -0.0757. The zero-order valence-corrected chi connectivity index (χ0v) is 13.2. The molecular formula is C17H17N3OS. The zero-order valence-electron chi connectivity index (χ0n) is 12.4. The second kappa shape index (κ2) is 6.30. The van der Waals surface area contributed by atoms with Crippen LogP contribution < -0.4 is 5.32 Å². The van der Waals surface area contributed by atoms with Gasteiger partial charge in [-0.2, -0.15) is 5.26 Å². The van der Waals surface area contributed by atoms with Crippen LogP contribution in [0, 0.1) is 11.3 Å². The minimum Gasteiger partial charge on any atom is -0.324 e. The number of para-hydroxylation sites is 1. The summed E-state index contributed by atoms with van der Waals surface area (Å²) in [5.41, 5.74) is 2.40. The number of nitrogens with zero attached hydrogens (tertiary/aromatic N) is 2. The van der Waals surface area contributed by atoms with E-state index < -0.39 is 0 Å². The smallest absolute Gasteiger partial charge is 0.238 e. The minimum absolute atomic E-state index is 0.0757. The zero-order chi connectivity index (χ0) is 15.5. The van der Waals surface area contributed by atoms with E-state index in [0.717, 1.165) is 13.0 Å². The van der Waals surface area contributed by atoms with Gasteiger partial charge in [-0.05, 0) is 42.5 Å². The van der Waals surface area contributed by atoms with Gasteiger partial charge in [0.2, 0.25) is 5.91 Å². The highest BCUT2D eigenvalue weighted by Crippen LogP contribution is 2.32. The number of hydrogen-bond acceptors (Lipinski definition) is 4. The van der Waals surface area contributed by atoms with Gasteiger partial charge in [0.1, 0.15) is 6.07 Å². The van der Waals surface area contributed by atoms with Gasteiger partial charge in [0.15, 0.2) is 0 Å². The van der Waals surface area contributed by atoms with E-state index in [9.17, 15) is 4.79 Å². The third kappa shape index (κ3) is 2.89. The summed E-state index contributed by atoms with van der Waals surface area (Å²) >= 11 is 1.79. The molecule has 1 aromatic carbocycles. The molecule has 1 amide bonds. The van der Waals surface area contributed by atoms with Crippen LogP contribution in [-0.4, -0.2) is 23.9 Å². The second-order valence-electron chi connectivity index (χ2n) is 5.40. The molecule has 5 heteroatoms. The highest BCUT2D eigenvalue weighted by atomic mass is 32.1. The predicted octanol–water partition coefficient (Wildman–Crippen LogP) is 3.18. The Hall–Kier alpha value is -2.16. The van der Waals surface area contributed by atoms with Crippen molar-refractivity contribution in [3.63, 3.8) is 0 Å². The van der Waals surface area contributed by atoms with Crippen molar-refractivity contribution in [1.82, 2.24) is 4.90 Å². The van der Waals surface area contributed by atoms with Gasteiger partial charge in [-0.3, -0.25) is 9.69 Å². The van der Waals surface area contributed by atoms with Gasteiger partial charge in [0.25, 0.3) is 0 Å². The molecule has 0 saturated heterocycles. The number of thiophene rings is 1. The van der Waals surface area contributed by atoms with E-state index in [1.54, 1.807) is 29.5 Å². The molecule has 0 bridgehead atoms. The summed E-state index contributed by atoms with van der Waals surface area (Å²) in [7, 11) is 0. The van der Waals surface area contributed by atoms with Crippen molar-refractivity contribution >= 4 is 22.9 Å². The number of carbonyl (C=O) groups is 1. The Morgan fingerprint density at radius 2 is 2.27 bits per heavy atom. The molecule has 1 atom stereocenters. The molecule has 1 aromatic heterocycles. The van der Waals surface area contributed by atoms with Crippen molar-refractivity contribution in [3.8, 4) is 6.07 Å². The highest BCUT2D eigenvalue weighted by molar-refractivity contribution is 7.10. The average Bonchev–Trinajstić information content (AvgIpc) is 3.00. The van der Waals surface area contributed by atoms with Crippen molar-refractivity contribution in [2.24, 2.45) is 0 Å². The summed E-state index contributed by atoms with van der Waals surface area (Å²) in [6, 6.07) is 11.6. The van der Waals surface area contributed by atoms with Crippen molar-refractivity contribution in [3.05, 3.63) is 51.7 Å². The second-order valence-corrected chi connectivity index (χ2v) is 6.40. The Balaban J connectivity index is 1.67. The summed E-state index contributed by atoms with van der Waals surface area (Å²) in [6.45, 7) is 3.37. The monoisotopic (exact) mass is 311 g/mol. The summed E-state index contributed by atoms with van der Waals surface area (Å²) in [5, 5.41) is 14.0. The highest BCUT2D eigenvalue weighted by Gasteiger charge is 2.26.